The van der Waals surface area contributed by atoms with Crippen molar-refractivity contribution >= 4 is 54.7 Å². The fraction of sp³-hybridized carbons (Fsp3) is 0.143. The molecule has 2 aromatic carbocycles. The van der Waals surface area contributed by atoms with Crippen molar-refractivity contribution in [3.8, 4) is 5.75 Å². The van der Waals surface area contributed by atoms with Gasteiger partial charge in [0.2, 0.25) is 0 Å². The minimum Gasteiger partial charge on any atom is -0.429 e. The Labute approximate surface area is 145 Å². The molecule has 1 aliphatic heterocycles. The maximum atomic E-state index is 13.5. The highest BCUT2D eigenvalue weighted by Crippen LogP contribution is 2.63. The van der Waals surface area contributed by atoms with E-state index in [1.54, 1.807) is 12.1 Å². The van der Waals surface area contributed by atoms with Crippen molar-refractivity contribution in [3.05, 3.63) is 59.1 Å². The van der Waals surface area contributed by atoms with Crippen molar-refractivity contribution in [1.82, 2.24) is 4.08 Å². The van der Waals surface area contributed by atoms with Crippen molar-refractivity contribution in [2.75, 3.05) is 0 Å². The van der Waals surface area contributed by atoms with Gasteiger partial charge in [0.15, 0.2) is 0 Å². The van der Waals surface area contributed by atoms with Gasteiger partial charge in [0, 0.05) is 40.9 Å². The molecule has 3 rings (SSSR count). The summed E-state index contributed by atoms with van der Waals surface area (Å²) >= 11 is 8.21. The maximum Gasteiger partial charge on any atom is 0.360 e. The molecule has 7 heteroatoms. The molecule has 0 radical (unpaired) electrons. The van der Waals surface area contributed by atoms with E-state index in [1.165, 1.54) is 9.12 Å². The quantitative estimate of drug-likeness (QED) is 0.337. The summed E-state index contributed by atoms with van der Waals surface area (Å²) < 4.78 is 21.3. The summed E-state index contributed by atoms with van der Waals surface area (Å²) in [6.07, 6.45) is 0. The van der Waals surface area contributed by atoms with Gasteiger partial charge >= 0.3 is 7.52 Å². The minimum atomic E-state index is -3.13. The Kier molecular flexibility index (Phi) is 4.58. The Bertz CT molecular complexity index is 715. The van der Waals surface area contributed by atoms with Crippen LogP contribution in [0.3, 0.4) is 0 Å². The third-order valence-electron chi connectivity index (χ3n) is 3.39. The molecule has 0 aliphatic carbocycles. The molecule has 0 saturated carbocycles. The Balaban J connectivity index is 2.15. The van der Waals surface area contributed by atoms with E-state index >= 15 is 0 Å². The van der Waals surface area contributed by atoms with E-state index in [4.69, 9.17) is 16.1 Å². The number of halogens is 2. The van der Waals surface area contributed by atoms with Gasteiger partial charge in [-0.25, -0.2) is 0 Å². The number of nitrogens with zero attached hydrogens (tertiary/aromatic N) is 1. The molecule has 2 aromatic rings. The predicted molar refractivity (Wildman–Crippen MR) is 97.6 cm³/mol. The third-order valence-corrected chi connectivity index (χ3v) is 9.44. The molecule has 0 spiro atoms. The van der Waals surface area contributed by atoms with Crippen molar-refractivity contribution in [3.63, 3.8) is 0 Å². The summed E-state index contributed by atoms with van der Waals surface area (Å²) in [5.74, 6) is 0.640. The number of hydrogen-bond donors (Lipinski definition) is 0. The summed E-state index contributed by atoms with van der Waals surface area (Å²) in [4.78, 5) is 0. The molecule has 0 amide bonds. The molecule has 110 valence electrons. The van der Waals surface area contributed by atoms with E-state index in [0.29, 0.717) is 16.1 Å². The maximum absolute atomic E-state index is 13.5. The fourth-order valence-electron chi connectivity index (χ4n) is 2.33. The minimum absolute atomic E-state index is 0.0552. The van der Waals surface area contributed by atoms with E-state index in [-0.39, 0.29) is 6.04 Å². The SMILES string of the molecule is CC1c2cc(Cl)ccc2OP(=O)(c2ccccc2)N1SI. The summed E-state index contributed by atoms with van der Waals surface area (Å²) in [7, 11) is -1.74. The van der Waals surface area contributed by atoms with Crippen LogP contribution < -0.4 is 9.83 Å². The summed E-state index contributed by atoms with van der Waals surface area (Å²) in [5.41, 5.74) is 0.953. The first-order valence-corrected chi connectivity index (χ1v) is 11.6. The molecule has 0 bridgehead atoms. The van der Waals surface area contributed by atoms with Crippen LogP contribution in [0.4, 0.5) is 0 Å². The van der Waals surface area contributed by atoms with E-state index in [0.717, 1.165) is 5.56 Å². The van der Waals surface area contributed by atoms with E-state index < -0.39 is 7.52 Å². The molecule has 0 fully saturated rings. The van der Waals surface area contributed by atoms with Gasteiger partial charge in [-0.05, 0) is 37.3 Å². The lowest BCUT2D eigenvalue weighted by molar-refractivity contribution is 0.386. The second kappa shape index (κ2) is 6.13. The summed E-state index contributed by atoms with van der Waals surface area (Å²) in [6, 6.07) is 14.7. The molecular weight excluding hydrogens is 440 g/mol. The van der Waals surface area contributed by atoms with Gasteiger partial charge in [-0.15, -0.1) is 4.08 Å². The number of hydrogen-bond acceptors (Lipinski definition) is 3. The highest BCUT2D eigenvalue weighted by molar-refractivity contribution is 14.2. The second-order valence-electron chi connectivity index (χ2n) is 4.68. The molecule has 2 unspecified atom stereocenters. The Morgan fingerprint density at radius 1 is 1.29 bits per heavy atom. The van der Waals surface area contributed by atoms with E-state index in [2.05, 4.69) is 21.2 Å². The Hall–Kier alpha value is -0.200. The molecule has 0 N–H and O–H groups in total. The first-order valence-electron chi connectivity index (χ1n) is 6.29. The standard InChI is InChI=1S/C14H12ClINO2PS/c1-10-13-9-11(15)7-8-14(13)19-20(18,17(10)21-16)12-5-3-2-4-6-12/h2-10H,1H3. The van der Waals surface area contributed by atoms with Gasteiger partial charge in [-0.3, -0.25) is 4.57 Å². The predicted octanol–water partition coefficient (Wildman–Crippen LogP) is 5.61. The molecule has 1 aliphatic rings. The lowest BCUT2D eigenvalue weighted by Gasteiger charge is -2.38. The van der Waals surface area contributed by atoms with Crippen LogP contribution in [-0.4, -0.2) is 4.08 Å². The number of fused-ring (bicyclic) bond motifs is 1. The van der Waals surface area contributed by atoms with Crippen molar-refractivity contribution in [2.45, 2.75) is 13.0 Å². The van der Waals surface area contributed by atoms with Crippen LogP contribution in [-0.2, 0) is 4.57 Å². The second-order valence-corrected chi connectivity index (χ2v) is 9.27. The van der Waals surface area contributed by atoms with Crippen LogP contribution in [0, 0.1) is 0 Å². The van der Waals surface area contributed by atoms with Gasteiger partial charge in [-0.2, -0.15) is 0 Å². The molecular formula is C14H12ClINO2PS. The smallest absolute Gasteiger partial charge is 0.360 e. The fourth-order valence-corrected chi connectivity index (χ4v) is 8.54. The van der Waals surface area contributed by atoms with Crippen LogP contribution >= 0.6 is 49.4 Å². The van der Waals surface area contributed by atoms with Gasteiger partial charge in [0.25, 0.3) is 0 Å². The summed E-state index contributed by atoms with van der Waals surface area (Å²) in [6.45, 7) is 2.01. The van der Waals surface area contributed by atoms with Crippen molar-refractivity contribution < 1.29 is 9.09 Å². The zero-order valence-corrected chi connectivity index (χ0v) is 15.7. The largest absolute Gasteiger partial charge is 0.429 e. The van der Waals surface area contributed by atoms with Crippen LogP contribution in [0.1, 0.15) is 18.5 Å². The first kappa shape index (κ1) is 15.7. The average molecular weight is 452 g/mol. The van der Waals surface area contributed by atoms with Crippen molar-refractivity contribution in [1.29, 1.82) is 0 Å². The lowest BCUT2D eigenvalue weighted by atomic mass is 10.1. The topological polar surface area (TPSA) is 29.5 Å². The third kappa shape index (κ3) is 2.75. The monoisotopic (exact) mass is 451 g/mol. The lowest BCUT2D eigenvalue weighted by Crippen LogP contribution is -2.29. The molecule has 2 atom stereocenters. The molecule has 21 heavy (non-hydrogen) atoms. The molecule has 0 aromatic heterocycles. The zero-order chi connectivity index (χ0) is 15.0. The Morgan fingerprint density at radius 3 is 2.67 bits per heavy atom. The first-order chi connectivity index (χ1) is 10.1. The highest BCUT2D eigenvalue weighted by atomic mass is 127. The number of benzene rings is 2. The van der Waals surface area contributed by atoms with Gasteiger partial charge in [-0.1, -0.05) is 29.8 Å². The summed E-state index contributed by atoms with van der Waals surface area (Å²) in [5, 5.41) is 1.35. The molecule has 3 nitrogen and oxygen atoms in total. The van der Waals surface area contributed by atoms with Gasteiger partial charge < -0.3 is 4.52 Å². The zero-order valence-electron chi connectivity index (χ0n) is 11.1. The van der Waals surface area contributed by atoms with Crippen LogP contribution in [0.2, 0.25) is 5.02 Å². The average Bonchev–Trinajstić information content (AvgIpc) is 2.50. The molecule has 0 saturated heterocycles. The van der Waals surface area contributed by atoms with E-state index in [1.807, 2.05) is 47.4 Å². The normalized spacial score (nSPS) is 25.2. The Morgan fingerprint density at radius 2 is 2.00 bits per heavy atom. The molecule has 1 heterocycles. The highest BCUT2D eigenvalue weighted by Gasteiger charge is 2.44. The van der Waals surface area contributed by atoms with Crippen LogP contribution in [0.25, 0.3) is 0 Å². The van der Waals surface area contributed by atoms with E-state index in [9.17, 15) is 4.57 Å². The van der Waals surface area contributed by atoms with Gasteiger partial charge in [0.1, 0.15) is 5.75 Å². The van der Waals surface area contributed by atoms with Gasteiger partial charge in [0.05, 0.1) is 11.3 Å². The van der Waals surface area contributed by atoms with Crippen molar-refractivity contribution in [2.24, 2.45) is 0 Å². The van der Waals surface area contributed by atoms with Crippen LogP contribution in [0.15, 0.2) is 48.5 Å². The van der Waals surface area contributed by atoms with Crippen LogP contribution in [0.5, 0.6) is 5.75 Å². The number of rotatable bonds is 2.